The Kier molecular flexibility index (Phi) is 4.55. The van der Waals surface area contributed by atoms with Gasteiger partial charge in [0.15, 0.2) is 5.76 Å². The molecular weight excluding hydrogens is 394 g/mol. The first-order chi connectivity index (χ1) is 15.1. The predicted molar refractivity (Wildman–Crippen MR) is 115 cm³/mol. The molecule has 0 N–H and O–H groups in total. The zero-order valence-electron chi connectivity index (χ0n) is 16.6. The Labute approximate surface area is 176 Å². The van der Waals surface area contributed by atoms with Gasteiger partial charge in [-0.05, 0) is 42.8 Å². The SMILES string of the molecule is Cc1cccn2c(=O)cc(COC(=O)c3cc(-c4ccco4)nc4ccccc34)nc12. The summed E-state index contributed by atoms with van der Waals surface area (Å²) in [6.07, 6.45) is 3.21. The summed E-state index contributed by atoms with van der Waals surface area (Å²) in [5.41, 5.74) is 3.11. The Morgan fingerprint density at radius 1 is 1.06 bits per heavy atom. The number of furan rings is 1. The van der Waals surface area contributed by atoms with E-state index in [9.17, 15) is 9.59 Å². The maximum atomic E-state index is 13.0. The molecular formula is C24H17N3O4. The molecule has 7 heteroatoms. The molecule has 31 heavy (non-hydrogen) atoms. The van der Waals surface area contributed by atoms with Gasteiger partial charge in [-0.25, -0.2) is 14.8 Å². The van der Waals surface area contributed by atoms with E-state index in [4.69, 9.17) is 9.15 Å². The fraction of sp³-hybridized carbons (Fsp3) is 0.0833. The summed E-state index contributed by atoms with van der Waals surface area (Å²) >= 11 is 0. The fourth-order valence-corrected chi connectivity index (χ4v) is 3.49. The minimum Gasteiger partial charge on any atom is -0.463 e. The number of hydrogen-bond donors (Lipinski definition) is 0. The smallest absolute Gasteiger partial charge is 0.339 e. The van der Waals surface area contributed by atoms with Crippen LogP contribution in [0.4, 0.5) is 0 Å². The molecule has 0 unspecified atom stereocenters. The normalized spacial score (nSPS) is 11.1. The second kappa shape index (κ2) is 7.53. The van der Waals surface area contributed by atoms with Gasteiger partial charge in [0.2, 0.25) is 0 Å². The molecule has 0 aliphatic rings. The second-order valence-electron chi connectivity index (χ2n) is 7.10. The molecule has 0 amide bonds. The van der Waals surface area contributed by atoms with Gasteiger partial charge < -0.3 is 9.15 Å². The van der Waals surface area contributed by atoms with Crippen LogP contribution in [-0.2, 0) is 11.3 Å². The molecule has 4 aromatic heterocycles. The summed E-state index contributed by atoms with van der Waals surface area (Å²) in [5.74, 6) is 0.0256. The van der Waals surface area contributed by atoms with E-state index in [0.29, 0.717) is 39.3 Å². The quantitative estimate of drug-likeness (QED) is 0.413. The largest absolute Gasteiger partial charge is 0.463 e. The van der Waals surface area contributed by atoms with Crippen molar-refractivity contribution in [2.24, 2.45) is 0 Å². The number of pyridine rings is 2. The van der Waals surface area contributed by atoms with E-state index in [2.05, 4.69) is 9.97 Å². The standard InChI is InChI=1S/C24H17N3O4/c1-15-6-4-10-27-22(28)12-16(25-23(15)27)14-31-24(29)18-13-20(21-9-5-11-30-21)26-19-8-3-2-7-17(18)19/h2-13H,14H2,1H3. The van der Waals surface area contributed by atoms with E-state index < -0.39 is 5.97 Å². The van der Waals surface area contributed by atoms with Crippen molar-refractivity contribution in [1.29, 1.82) is 0 Å². The van der Waals surface area contributed by atoms with Crippen LogP contribution in [0.2, 0.25) is 0 Å². The molecule has 1 aromatic carbocycles. The number of carbonyl (C=O) groups excluding carboxylic acids is 1. The first kappa shape index (κ1) is 18.7. The molecule has 0 aliphatic heterocycles. The summed E-state index contributed by atoms with van der Waals surface area (Å²) in [4.78, 5) is 34.4. The molecule has 0 radical (unpaired) electrons. The average molecular weight is 411 g/mol. The Bertz CT molecular complexity index is 1490. The van der Waals surface area contributed by atoms with E-state index in [-0.39, 0.29) is 12.2 Å². The first-order valence-electron chi connectivity index (χ1n) is 9.69. The molecule has 0 spiro atoms. The molecule has 0 atom stereocenters. The lowest BCUT2D eigenvalue weighted by Gasteiger charge is -2.10. The van der Waals surface area contributed by atoms with Crippen molar-refractivity contribution in [1.82, 2.24) is 14.4 Å². The molecule has 0 aliphatic carbocycles. The second-order valence-corrected chi connectivity index (χ2v) is 7.10. The minimum absolute atomic E-state index is 0.119. The lowest BCUT2D eigenvalue weighted by molar-refractivity contribution is 0.0470. The van der Waals surface area contributed by atoms with Crippen LogP contribution in [-0.4, -0.2) is 20.3 Å². The van der Waals surface area contributed by atoms with Crippen molar-refractivity contribution in [3.05, 3.63) is 100 Å². The lowest BCUT2D eigenvalue weighted by Crippen LogP contribution is -2.17. The maximum Gasteiger partial charge on any atom is 0.339 e. The van der Waals surface area contributed by atoms with E-state index in [0.717, 1.165) is 5.56 Å². The highest BCUT2D eigenvalue weighted by molar-refractivity contribution is 6.04. The van der Waals surface area contributed by atoms with Gasteiger partial charge in [-0.15, -0.1) is 0 Å². The lowest BCUT2D eigenvalue weighted by atomic mass is 10.1. The molecule has 152 valence electrons. The zero-order valence-corrected chi connectivity index (χ0v) is 16.6. The van der Waals surface area contributed by atoms with Crippen LogP contribution in [0.15, 0.2) is 82.3 Å². The highest BCUT2D eigenvalue weighted by Crippen LogP contribution is 2.26. The number of para-hydroxylation sites is 1. The van der Waals surface area contributed by atoms with Gasteiger partial charge in [-0.2, -0.15) is 0 Å². The number of fused-ring (bicyclic) bond motifs is 2. The summed E-state index contributed by atoms with van der Waals surface area (Å²) in [6, 6.07) is 17.5. The molecule has 4 heterocycles. The number of benzene rings is 1. The summed E-state index contributed by atoms with van der Waals surface area (Å²) < 4.78 is 12.4. The molecule has 0 saturated heterocycles. The summed E-state index contributed by atoms with van der Waals surface area (Å²) in [7, 11) is 0. The van der Waals surface area contributed by atoms with Crippen molar-refractivity contribution in [3.8, 4) is 11.5 Å². The van der Waals surface area contributed by atoms with Gasteiger partial charge in [0, 0.05) is 17.6 Å². The van der Waals surface area contributed by atoms with Crippen molar-refractivity contribution < 1.29 is 13.9 Å². The number of esters is 1. The average Bonchev–Trinajstić information content (AvgIpc) is 3.32. The van der Waals surface area contributed by atoms with Gasteiger partial charge in [0.25, 0.3) is 5.56 Å². The Hall–Kier alpha value is -4.26. The maximum absolute atomic E-state index is 13.0. The van der Waals surface area contributed by atoms with Gasteiger partial charge >= 0.3 is 5.97 Å². The summed E-state index contributed by atoms with van der Waals surface area (Å²) in [5, 5.41) is 0.671. The number of nitrogens with zero attached hydrogens (tertiary/aromatic N) is 3. The van der Waals surface area contributed by atoms with Crippen LogP contribution in [0.1, 0.15) is 21.6 Å². The molecule has 7 nitrogen and oxygen atoms in total. The van der Waals surface area contributed by atoms with Crippen molar-refractivity contribution in [2.45, 2.75) is 13.5 Å². The topological polar surface area (TPSA) is 86.7 Å². The van der Waals surface area contributed by atoms with Gasteiger partial charge in [-0.3, -0.25) is 9.20 Å². The highest BCUT2D eigenvalue weighted by Gasteiger charge is 2.17. The first-order valence-corrected chi connectivity index (χ1v) is 9.69. The fourth-order valence-electron chi connectivity index (χ4n) is 3.49. The number of rotatable bonds is 4. The molecule has 0 saturated carbocycles. The van der Waals surface area contributed by atoms with Gasteiger partial charge in [0.1, 0.15) is 17.9 Å². The van der Waals surface area contributed by atoms with Crippen LogP contribution in [0.5, 0.6) is 0 Å². The van der Waals surface area contributed by atoms with E-state index in [1.807, 2.05) is 37.3 Å². The number of aryl methyl sites for hydroxylation is 1. The van der Waals surface area contributed by atoms with Crippen LogP contribution >= 0.6 is 0 Å². The number of carbonyl (C=O) groups is 1. The van der Waals surface area contributed by atoms with Crippen molar-refractivity contribution in [2.75, 3.05) is 0 Å². The highest BCUT2D eigenvalue weighted by atomic mass is 16.5. The van der Waals surface area contributed by atoms with Crippen LogP contribution in [0.3, 0.4) is 0 Å². The van der Waals surface area contributed by atoms with E-state index in [1.54, 1.807) is 36.7 Å². The van der Waals surface area contributed by atoms with Crippen LogP contribution < -0.4 is 5.56 Å². The third kappa shape index (κ3) is 3.46. The Morgan fingerprint density at radius 3 is 2.77 bits per heavy atom. The summed E-state index contributed by atoms with van der Waals surface area (Å²) in [6.45, 7) is 1.75. The minimum atomic E-state index is -0.529. The molecule has 0 fully saturated rings. The Balaban J connectivity index is 1.49. The molecule has 0 bridgehead atoms. The monoisotopic (exact) mass is 411 g/mol. The third-order valence-corrected chi connectivity index (χ3v) is 5.00. The van der Waals surface area contributed by atoms with Crippen molar-refractivity contribution >= 4 is 22.5 Å². The molecule has 5 rings (SSSR count). The van der Waals surface area contributed by atoms with E-state index in [1.165, 1.54) is 10.5 Å². The van der Waals surface area contributed by atoms with Gasteiger partial charge in [0.05, 0.1) is 23.0 Å². The molecule has 5 aromatic rings. The van der Waals surface area contributed by atoms with Crippen LogP contribution in [0, 0.1) is 6.92 Å². The zero-order chi connectivity index (χ0) is 21.4. The van der Waals surface area contributed by atoms with Crippen LogP contribution in [0.25, 0.3) is 28.0 Å². The van der Waals surface area contributed by atoms with E-state index >= 15 is 0 Å². The predicted octanol–water partition coefficient (Wildman–Crippen LogP) is 4.17. The van der Waals surface area contributed by atoms with Gasteiger partial charge in [-0.1, -0.05) is 24.3 Å². The Morgan fingerprint density at radius 2 is 1.94 bits per heavy atom. The number of aromatic nitrogens is 3. The van der Waals surface area contributed by atoms with Crippen molar-refractivity contribution in [3.63, 3.8) is 0 Å². The third-order valence-electron chi connectivity index (χ3n) is 5.00. The number of ether oxygens (including phenoxy) is 1. The number of hydrogen-bond acceptors (Lipinski definition) is 6.